The van der Waals surface area contributed by atoms with Crippen molar-refractivity contribution in [3.8, 4) is 0 Å². The summed E-state index contributed by atoms with van der Waals surface area (Å²) in [6, 6.07) is 0. The molecule has 0 spiro atoms. The maximum absolute atomic E-state index is 11.6. The Balaban J connectivity index is 1.84. The fourth-order valence-corrected chi connectivity index (χ4v) is 3.25. The molecule has 0 aliphatic carbocycles. The molecule has 0 unspecified atom stereocenters. The van der Waals surface area contributed by atoms with Crippen LogP contribution in [-0.4, -0.2) is 61.8 Å². The van der Waals surface area contributed by atoms with Gasteiger partial charge in [0.2, 0.25) is 16.0 Å². The zero-order valence-electron chi connectivity index (χ0n) is 11.4. The molecule has 1 aromatic rings. The van der Waals surface area contributed by atoms with Crippen LogP contribution >= 0.6 is 0 Å². The first-order chi connectivity index (χ1) is 9.54. The Morgan fingerprint density at radius 1 is 1.25 bits per heavy atom. The van der Waals surface area contributed by atoms with Gasteiger partial charge in [0, 0.05) is 25.8 Å². The highest BCUT2D eigenvalue weighted by Gasteiger charge is 2.25. The zero-order chi connectivity index (χ0) is 14.2. The Labute approximate surface area is 118 Å². The van der Waals surface area contributed by atoms with Crippen LogP contribution < -0.4 is 4.90 Å². The Kier molecular flexibility index (Phi) is 3.61. The van der Waals surface area contributed by atoms with E-state index in [-0.39, 0.29) is 0 Å². The molecule has 2 aliphatic rings. The Morgan fingerprint density at radius 3 is 2.70 bits per heavy atom. The quantitative estimate of drug-likeness (QED) is 0.741. The molecule has 110 valence electrons. The van der Waals surface area contributed by atoms with E-state index in [1.54, 1.807) is 0 Å². The van der Waals surface area contributed by atoms with Gasteiger partial charge in [0.25, 0.3) is 0 Å². The lowest BCUT2D eigenvalue weighted by molar-refractivity contribution is 0.122. The lowest BCUT2D eigenvalue weighted by Gasteiger charge is -2.29. The van der Waals surface area contributed by atoms with E-state index in [0.717, 1.165) is 24.3 Å². The fraction of sp³-hybridized carbons (Fsp3) is 0.667. The van der Waals surface area contributed by atoms with Crippen molar-refractivity contribution >= 4 is 16.0 Å². The number of rotatable bonds is 2. The predicted molar refractivity (Wildman–Crippen MR) is 74.0 cm³/mol. The van der Waals surface area contributed by atoms with Crippen LogP contribution in [0.15, 0.2) is 6.20 Å². The standard InChI is InChI=1S/C12H18N4O3S/c1-20(17,18)16-3-2-10-8-13-12(14-11(10)9-16)15-4-6-19-7-5-15/h8H,2-7,9H2,1H3. The van der Waals surface area contributed by atoms with Crippen molar-refractivity contribution in [3.05, 3.63) is 17.5 Å². The summed E-state index contributed by atoms with van der Waals surface area (Å²) in [7, 11) is -3.17. The number of hydrogen-bond donors (Lipinski definition) is 0. The third-order valence-electron chi connectivity index (χ3n) is 3.66. The summed E-state index contributed by atoms with van der Waals surface area (Å²) < 4.78 is 30.1. The molecule has 3 heterocycles. The summed E-state index contributed by atoms with van der Waals surface area (Å²) in [6.07, 6.45) is 3.74. The fourth-order valence-electron chi connectivity index (χ4n) is 2.47. The van der Waals surface area contributed by atoms with Crippen LogP contribution in [0.4, 0.5) is 5.95 Å². The van der Waals surface area contributed by atoms with Gasteiger partial charge in [-0.25, -0.2) is 18.4 Å². The van der Waals surface area contributed by atoms with Crippen molar-refractivity contribution in [2.45, 2.75) is 13.0 Å². The highest BCUT2D eigenvalue weighted by molar-refractivity contribution is 7.88. The molecule has 1 aromatic heterocycles. The number of ether oxygens (including phenoxy) is 1. The smallest absolute Gasteiger partial charge is 0.225 e. The Morgan fingerprint density at radius 2 is 2.00 bits per heavy atom. The predicted octanol–water partition coefficient (Wildman–Crippen LogP) is -0.369. The van der Waals surface area contributed by atoms with E-state index in [1.807, 2.05) is 6.20 Å². The summed E-state index contributed by atoms with van der Waals surface area (Å²) in [4.78, 5) is 11.0. The van der Waals surface area contributed by atoms with Crippen LogP contribution in [0.1, 0.15) is 11.3 Å². The van der Waals surface area contributed by atoms with E-state index in [4.69, 9.17) is 4.74 Å². The summed E-state index contributed by atoms with van der Waals surface area (Å²) in [6.45, 7) is 3.75. The van der Waals surface area contributed by atoms with E-state index in [9.17, 15) is 8.42 Å². The monoisotopic (exact) mass is 298 g/mol. The van der Waals surface area contributed by atoms with Crippen LogP contribution in [0.25, 0.3) is 0 Å². The molecule has 0 amide bonds. The minimum Gasteiger partial charge on any atom is -0.378 e. The minimum atomic E-state index is -3.17. The summed E-state index contributed by atoms with van der Waals surface area (Å²) in [5.74, 6) is 0.669. The molecule has 0 radical (unpaired) electrons. The van der Waals surface area contributed by atoms with Crippen molar-refractivity contribution in [2.75, 3.05) is 44.0 Å². The summed E-state index contributed by atoms with van der Waals surface area (Å²) in [5.41, 5.74) is 1.86. The lowest BCUT2D eigenvalue weighted by Crippen LogP contribution is -2.39. The van der Waals surface area contributed by atoms with Crippen LogP contribution in [-0.2, 0) is 27.7 Å². The topological polar surface area (TPSA) is 75.6 Å². The Bertz CT molecular complexity index is 599. The van der Waals surface area contributed by atoms with Gasteiger partial charge in [0.05, 0.1) is 31.7 Å². The first kappa shape index (κ1) is 13.7. The second-order valence-electron chi connectivity index (χ2n) is 5.09. The zero-order valence-corrected chi connectivity index (χ0v) is 12.3. The number of nitrogens with zero attached hydrogens (tertiary/aromatic N) is 4. The SMILES string of the molecule is CS(=O)(=O)N1CCc2cnc(N3CCOCC3)nc2C1. The van der Waals surface area contributed by atoms with Crippen LogP contribution in [0, 0.1) is 0 Å². The maximum atomic E-state index is 11.6. The van der Waals surface area contributed by atoms with Crippen molar-refractivity contribution in [2.24, 2.45) is 0 Å². The number of hydrogen-bond acceptors (Lipinski definition) is 6. The van der Waals surface area contributed by atoms with Crippen molar-refractivity contribution in [1.29, 1.82) is 0 Å². The first-order valence-corrected chi connectivity index (χ1v) is 8.51. The molecule has 1 saturated heterocycles. The number of morpholine rings is 1. The van der Waals surface area contributed by atoms with Crippen molar-refractivity contribution in [3.63, 3.8) is 0 Å². The molecule has 7 nitrogen and oxygen atoms in total. The number of sulfonamides is 1. The molecule has 3 rings (SSSR count). The van der Waals surface area contributed by atoms with Gasteiger partial charge < -0.3 is 9.64 Å². The normalized spacial score (nSPS) is 20.8. The van der Waals surface area contributed by atoms with Gasteiger partial charge in [-0.05, 0) is 12.0 Å². The van der Waals surface area contributed by atoms with Crippen LogP contribution in [0.5, 0.6) is 0 Å². The maximum Gasteiger partial charge on any atom is 0.225 e. The van der Waals surface area contributed by atoms with Crippen LogP contribution in [0.3, 0.4) is 0 Å². The van der Waals surface area contributed by atoms with E-state index in [1.165, 1.54) is 10.6 Å². The van der Waals surface area contributed by atoms with Gasteiger partial charge in [0.15, 0.2) is 0 Å². The third kappa shape index (κ3) is 2.77. The molecular weight excluding hydrogens is 280 g/mol. The highest BCUT2D eigenvalue weighted by atomic mass is 32.2. The van der Waals surface area contributed by atoms with E-state index < -0.39 is 10.0 Å². The molecule has 0 bridgehead atoms. The summed E-state index contributed by atoms with van der Waals surface area (Å²) >= 11 is 0. The average Bonchev–Trinajstić information content (AvgIpc) is 2.46. The second-order valence-corrected chi connectivity index (χ2v) is 7.07. The van der Waals surface area contributed by atoms with Gasteiger partial charge in [0.1, 0.15) is 0 Å². The van der Waals surface area contributed by atoms with Gasteiger partial charge in [-0.15, -0.1) is 0 Å². The molecular formula is C12H18N4O3S. The molecule has 2 aliphatic heterocycles. The van der Waals surface area contributed by atoms with Gasteiger partial charge in [-0.3, -0.25) is 0 Å². The molecule has 1 fully saturated rings. The molecule has 0 atom stereocenters. The summed E-state index contributed by atoms with van der Waals surface area (Å²) in [5, 5.41) is 0. The number of fused-ring (bicyclic) bond motifs is 1. The van der Waals surface area contributed by atoms with Crippen LogP contribution in [0.2, 0.25) is 0 Å². The highest BCUT2D eigenvalue weighted by Crippen LogP contribution is 2.21. The van der Waals surface area contributed by atoms with Gasteiger partial charge in [-0.2, -0.15) is 4.31 Å². The number of anilines is 1. The van der Waals surface area contributed by atoms with Crippen molar-refractivity contribution in [1.82, 2.24) is 14.3 Å². The van der Waals surface area contributed by atoms with E-state index in [2.05, 4.69) is 14.9 Å². The van der Waals surface area contributed by atoms with E-state index in [0.29, 0.717) is 38.7 Å². The molecule has 8 heteroatoms. The molecule has 0 aromatic carbocycles. The lowest BCUT2D eigenvalue weighted by atomic mass is 10.1. The average molecular weight is 298 g/mol. The largest absolute Gasteiger partial charge is 0.378 e. The Hall–Kier alpha value is -1.25. The van der Waals surface area contributed by atoms with Crippen molar-refractivity contribution < 1.29 is 13.2 Å². The first-order valence-electron chi connectivity index (χ1n) is 6.66. The molecule has 0 saturated carbocycles. The van der Waals surface area contributed by atoms with Gasteiger partial charge >= 0.3 is 0 Å². The third-order valence-corrected chi connectivity index (χ3v) is 4.91. The molecule has 0 N–H and O–H groups in total. The van der Waals surface area contributed by atoms with Gasteiger partial charge in [-0.1, -0.05) is 0 Å². The second kappa shape index (κ2) is 5.27. The minimum absolute atomic E-state index is 0.341. The number of aromatic nitrogens is 2. The molecule has 20 heavy (non-hydrogen) atoms. The van der Waals surface area contributed by atoms with E-state index >= 15 is 0 Å².